The van der Waals surface area contributed by atoms with E-state index in [1.165, 1.54) is 11.2 Å². The van der Waals surface area contributed by atoms with Gasteiger partial charge in [-0.25, -0.2) is 9.69 Å². The molecule has 0 saturated carbocycles. The lowest BCUT2D eigenvalue weighted by atomic mass is 10.2. The summed E-state index contributed by atoms with van der Waals surface area (Å²) in [5, 5.41) is 0. The van der Waals surface area contributed by atoms with Crippen LogP contribution in [-0.4, -0.2) is 88.5 Å². The van der Waals surface area contributed by atoms with Gasteiger partial charge < -0.3 is 14.2 Å². The van der Waals surface area contributed by atoms with Crippen LogP contribution in [0.25, 0.3) is 0 Å². The quantitative estimate of drug-likeness (QED) is 0.521. The van der Waals surface area contributed by atoms with Gasteiger partial charge in [0.05, 0.1) is 6.26 Å². The molecule has 3 heterocycles. The maximum atomic E-state index is 12.4. The first-order valence-corrected chi connectivity index (χ1v) is 8.22. The van der Waals surface area contributed by atoms with Crippen molar-refractivity contribution in [3.05, 3.63) is 24.2 Å². The van der Waals surface area contributed by atoms with Crippen molar-refractivity contribution in [1.29, 1.82) is 0 Å². The van der Waals surface area contributed by atoms with Gasteiger partial charge in [-0.15, -0.1) is 0 Å². The van der Waals surface area contributed by atoms with E-state index in [1.807, 2.05) is 0 Å². The minimum Gasteiger partial charge on any atom is -0.459 e. The van der Waals surface area contributed by atoms with E-state index in [0.717, 1.165) is 4.90 Å². The van der Waals surface area contributed by atoms with Crippen LogP contribution in [-0.2, 0) is 14.4 Å². The Kier molecular flexibility index (Phi) is 4.74. The van der Waals surface area contributed by atoms with E-state index in [1.54, 1.807) is 24.0 Å². The highest BCUT2D eigenvalue weighted by Crippen LogP contribution is 2.13. The molecule has 1 aromatic heterocycles. The van der Waals surface area contributed by atoms with Crippen LogP contribution in [0.5, 0.6) is 0 Å². The normalized spacial score (nSPS) is 18.1. The number of nitrogens with zero attached hydrogens (tertiary/aromatic N) is 4. The van der Waals surface area contributed by atoms with E-state index in [-0.39, 0.29) is 31.3 Å². The Hall–Kier alpha value is -3.17. The van der Waals surface area contributed by atoms with Gasteiger partial charge in [-0.05, 0) is 19.1 Å². The number of hydrogen-bond donors (Lipinski definition) is 0. The maximum absolute atomic E-state index is 12.4. The molecule has 2 aliphatic heterocycles. The maximum Gasteiger partial charge on any atom is 0.334 e. The van der Waals surface area contributed by atoms with Crippen LogP contribution in [0.3, 0.4) is 0 Å². The monoisotopic (exact) mass is 362 g/mol. The lowest BCUT2D eigenvalue weighted by Crippen LogP contribution is -2.53. The highest BCUT2D eigenvalue weighted by Gasteiger charge is 2.44. The van der Waals surface area contributed by atoms with Gasteiger partial charge in [0.1, 0.15) is 6.54 Å². The van der Waals surface area contributed by atoms with Gasteiger partial charge in [0.25, 0.3) is 5.91 Å². The predicted octanol–water partition coefficient (Wildman–Crippen LogP) is -0.625. The zero-order chi connectivity index (χ0) is 18.8. The average molecular weight is 362 g/mol. The molecule has 0 aromatic carbocycles. The van der Waals surface area contributed by atoms with Crippen molar-refractivity contribution in [3.8, 4) is 0 Å². The summed E-state index contributed by atoms with van der Waals surface area (Å²) in [6.07, 6.45) is 1.41. The molecule has 10 heteroatoms. The Morgan fingerprint density at radius 3 is 2.15 bits per heavy atom. The molecule has 0 bridgehead atoms. The Labute approximate surface area is 148 Å². The number of piperazine rings is 1. The van der Waals surface area contributed by atoms with Gasteiger partial charge >= 0.3 is 17.8 Å². The largest absolute Gasteiger partial charge is 0.459 e. The highest BCUT2D eigenvalue weighted by atomic mass is 16.3. The second-order valence-electron chi connectivity index (χ2n) is 5.87. The minimum atomic E-state index is -0.989. The van der Waals surface area contributed by atoms with Crippen molar-refractivity contribution in [2.75, 3.05) is 39.3 Å². The van der Waals surface area contributed by atoms with Gasteiger partial charge in [0.15, 0.2) is 5.76 Å². The number of furan rings is 1. The number of carbonyl (C=O) groups excluding carboxylic acids is 5. The first-order chi connectivity index (χ1) is 12.4. The Balaban J connectivity index is 1.56. The number of likely N-dealkylation sites (N-methyl/N-ethyl adjacent to an activating group) is 1. The molecular formula is C16H18N4O6. The van der Waals surface area contributed by atoms with Crippen LogP contribution in [0.2, 0.25) is 0 Å². The molecule has 2 saturated heterocycles. The van der Waals surface area contributed by atoms with Gasteiger partial charge in [-0.2, -0.15) is 0 Å². The molecule has 0 N–H and O–H groups in total. The number of hydrogen-bond acceptors (Lipinski definition) is 6. The summed E-state index contributed by atoms with van der Waals surface area (Å²) in [4.78, 5) is 64.6. The van der Waals surface area contributed by atoms with Crippen molar-refractivity contribution >= 4 is 29.7 Å². The van der Waals surface area contributed by atoms with E-state index in [2.05, 4.69) is 0 Å². The fraction of sp³-hybridized carbons (Fsp3) is 0.438. The average Bonchev–Trinajstić information content (AvgIpc) is 3.25. The third kappa shape index (κ3) is 3.05. The summed E-state index contributed by atoms with van der Waals surface area (Å²) in [6.45, 7) is 2.33. The second kappa shape index (κ2) is 6.98. The molecule has 2 fully saturated rings. The number of imide groups is 2. The van der Waals surface area contributed by atoms with Gasteiger partial charge in [-0.3, -0.25) is 24.1 Å². The molecule has 1 aromatic rings. The summed E-state index contributed by atoms with van der Waals surface area (Å²) in [5.41, 5.74) is 0. The molecule has 3 rings (SSSR count). The van der Waals surface area contributed by atoms with Crippen LogP contribution in [0.15, 0.2) is 22.8 Å². The summed E-state index contributed by atoms with van der Waals surface area (Å²) in [6, 6.07) is 2.42. The van der Waals surface area contributed by atoms with Crippen molar-refractivity contribution in [3.63, 3.8) is 0 Å². The highest BCUT2D eigenvalue weighted by molar-refractivity contribution is 6.45. The summed E-state index contributed by atoms with van der Waals surface area (Å²) in [5.74, 6) is -2.37. The summed E-state index contributed by atoms with van der Waals surface area (Å²) in [7, 11) is 0. The molecule has 0 spiro atoms. The lowest BCUT2D eigenvalue weighted by Gasteiger charge is -2.34. The molecule has 10 nitrogen and oxygen atoms in total. The molecule has 2 aliphatic rings. The smallest absolute Gasteiger partial charge is 0.334 e. The van der Waals surface area contributed by atoms with Crippen LogP contribution in [0, 0.1) is 0 Å². The van der Waals surface area contributed by atoms with Crippen molar-refractivity contribution < 1.29 is 28.4 Å². The standard InChI is InChI=1S/C16H18N4O6/c1-2-19-14(23)15(24)20(16(19)25)10-12(21)17-5-7-18(8-6-17)13(22)11-4-3-9-26-11/h3-4,9H,2,5-8,10H2,1H3. The fourth-order valence-corrected chi connectivity index (χ4v) is 2.92. The van der Waals surface area contributed by atoms with E-state index < -0.39 is 30.3 Å². The van der Waals surface area contributed by atoms with Crippen LogP contribution >= 0.6 is 0 Å². The SMILES string of the molecule is CCN1C(=O)C(=O)N(CC(=O)N2CCN(C(=O)c3ccco3)CC2)C1=O. The minimum absolute atomic E-state index is 0.0711. The number of rotatable bonds is 4. The lowest BCUT2D eigenvalue weighted by molar-refractivity contribution is -0.145. The zero-order valence-electron chi connectivity index (χ0n) is 14.2. The number of carbonyl (C=O) groups is 5. The molecule has 6 amide bonds. The van der Waals surface area contributed by atoms with E-state index in [9.17, 15) is 24.0 Å². The van der Waals surface area contributed by atoms with Gasteiger partial charge in [-0.1, -0.05) is 0 Å². The Morgan fingerprint density at radius 1 is 1.00 bits per heavy atom. The van der Waals surface area contributed by atoms with Crippen LogP contribution in [0.4, 0.5) is 4.79 Å². The van der Waals surface area contributed by atoms with Crippen LogP contribution < -0.4 is 0 Å². The Bertz CT molecular complexity index is 751. The Morgan fingerprint density at radius 2 is 1.62 bits per heavy atom. The second-order valence-corrected chi connectivity index (χ2v) is 5.87. The first kappa shape index (κ1) is 17.6. The predicted molar refractivity (Wildman–Crippen MR) is 85.7 cm³/mol. The fourth-order valence-electron chi connectivity index (χ4n) is 2.92. The van der Waals surface area contributed by atoms with E-state index in [0.29, 0.717) is 18.0 Å². The molecule has 0 unspecified atom stereocenters. The molecule has 26 heavy (non-hydrogen) atoms. The van der Waals surface area contributed by atoms with Gasteiger partial charge in [0, 0.05) is 32.7 Å². The first-order valence-electron chi connectivity index (χ1n) is 8.22. The third-order valence-electron chi connectivity index (χ3n) is 4.40. The molecule has 0 aliphatic carbocycles. The topological polar surface area (TPSA) is 111 Å². The van der Waals surface area contributed by atoms with Crippen molar-refractivity contribution in [1.82, 2.24) is 19.6 Å². The van der Waals surface area contributed by atoms with Crippen molar-refractivity contribution in [2.45, 2.75) is 6.92 Å². The molecular weight excluding hydrogens is 344 g/mol. The third-order valence-corrected chi connectivity index (χ3v) is 4.40. The van der Waals surface area contributed by atoms with Crippen LogP contribution in [0.1, 0.15) is 17.5 Å². The molecule has 0 atom stereocenters. The zero-order valence-corrected chi connectivity index (χ0v) is 14.2. The molecule has 0 radical (unpaired) electrons. The molecule has 138 valence electrons. The number of urea groups is 1. The van der Waals surface area contributed by atoms with E-state index in [4.69, 9.17) is 4.42 Å². The number of amides is 6. The van der Waals surface area contributed by atoms with E-state index >= 15 is 0 Å². The summed E-state index contributed by atoms with van der Waals surface area (Å²) < 4.78 is 5.08. The summed E-state index contributed by atoms with van der Waals surface area (Å²) >= 11 is 0. The van der Waals surface area contributed by atoms with Crippen molar-refractivity contribution in [2.24, 2.45) is 0 Å². The van der Waals surface area contributed by atoms with Gasteiger partial charge in [0.2, 0.25) is 5.91 Å².